The van der Waals surface area contributed by atoms with Crippen molar-refractivity contribution in [1.29, 1.82) is 0 Å². The fourth-order valence-corrected chi connectivity index (χ4v) is 2.50. The van der Waals surface area contributed by atoms with E-state index in [-0.39, 0.29) is 5.91 Å². The second-order valence-corrected chi connectivity index (χ2v) is 5.17. The van der Waals surface area contributed by atoms with Gasteiger partial charge in [-0.25, -0.2) is 0 Å². The molecule has 0 aliphatic rings. The van der Waals surface area contributed by atoms with Crippen LogP contribution < -0.4 is 5.32 Å². The quantitative estimate of drug-likeness (QED) is 0.760. The summed E-state index contributed by atoms with van der Waals surface area (Å²) in [6, 6.07) is 13.3. The maximum absolute atomic E-state index is 12.4. The summed E-state index contributed by atoms with van der Waals surface area (Å²) in [6.07, 6.45) is 2.42. The number of carbonyl (C=O) groups excluding carboxylic acids is 1. The van der Waals surface area contributed by atoms with E-state index in [0.29, 0.717) is 30.9 Å². The van der Waals surface area contributed by atoms with E-state index in [4.69, 9.17) is 9.15 Å². The molecule has 1 aromatic carbocycles. The van der Waals surface area contributed by atoms with E-state index in [1.807, 2.05) is 42.5 Å². The summed E-state index contributed by atoms with van der Waals surface area (Å²) in [6.45, 7) is 0.833. The van der Waals surface area contributed by atoms with E-state index in [9.17, 15) is 4.79 Å². The fourth-order valence-electron chi connectivity index (χ4n) is 2.50. The Morgan fingerprint density at radius 3 is 2.83 bits per heavy atom. The average molecular weight is 310 g/mol. The molecule has 0 fully saturated rings. The number of ether oxygens (including phenoxy) is 1. The van der Waals surface area contributed by atoms with E-state index in [0.717, 1.165) is 16.6 Å². The molecular formula is C18H18N2O3. The van der Waals surface area contributed by atoms with Crippen LogP contribution in [0.2, 0.25) is 0 Å². The number of hydrogen-bond donors (Lipinski definition) is 1. The predicted octanol–water partition coefficient (Wildman–Crippen LogP) is 2.95. The summed E-state index contributed by atoms with van der Waals surface area (Å²) in [5.74, 6) is 0.0817. The molecule has 0 atom stereocenters. The number of para-hydroxylation sites is 1. The van der Waals surface area contributed by atoms with Gasteiger partial charge in [-0.3, -0.25) is 9.78 Å². The second-order valence-electron chi connectivity index (χ2n) is 5.17. The lowest BCUT2D eigenvalue weighted by atomic mass is 10.1. The summed E-state index contributed by atoms with van der Waals surface area (Å²) in [5, 5.41) is 3.79. The van der Waals surface area contributed by atoms with Crippen LogP contribution in [0.1, 0.15) is 21.8 Å². The molecule has 0 aliphatic carbocycles. The summed E-state index contributed by atoms with van der Waals surface area (Å²) in [7, 11) is 1.60. The van der Waals surface area contributed by atoms with Crippen molar-refractivity contribution in [1.82, 2.24) is 10.3 Å². The molecule has 0 aliphatic heterocycles. The highest BCUT2D eigenvalue weighted by atomic mass is 16.5. The van der Waals surface area contributed by atoms with Crippen LogP contribution in [0.3, 0.4) is 0 Å². The highest BCUT2D eigenvalue weighted by Crippen LogP contribution is 2.26. The number of benzene rings is 1. The Kier molecular flexibility index (Phi) is 4.68. The Morgan fingerprint density at radius 2 is 2.04 bits per heavy atom. The van der Waals surface area contributed by atoms with Gasteiger partial charge in [0.1, 0.15) is 5.58 Å². The molecule has 0 radical (unpaired) electrons. The third-order valence-electron chi connectivity index (χ3n) is 3.59. The number of pyridine rings is 1. The number of carbonyl (C=O) groups is 1. The maximum Gasteiger partial charge on any atom is 0.287 e. The van der Waals surface area contributed by atoms with E-state index in [1.165, 1.54) is 0 Å². The number of amides is 1. The van der Waals surface area contributed by atoms with Crippen LogP contribution in [0.5, 0.6) is 0 Å². The van der Waals surface area contributed by atoms with Crippen LogP contribution >= 0.6 is 0 Å². The largest absolute Gasteiger partial charge is 0.451 e. The van der Waals surface area contributed by atoms with Gasteiger partial charge >= 0.3 is 0 Å². The Morgan fingerprint density at radius 1 is 1.22 bits per heavy atom. The minimum Gasteiger partial charge on any atom is -0.451 e. The van der Waals surface area contributed by atoms with Gasteiger partial charge < -0.3 is 14.5 Å². The van der Waals surface area contributed by atoms with Gasteiger partial charge in [0.15, 0.2) is 5.76 Å². The predicted molar refractivity (Wildman–Crippen MR) is 87.2 cm³/mol. The lowest BCUT2D eigenvalue weighted by Crippen LogP contribution is -2.26. The lowest BCUT2D eigenvalue weighted by Gasteiger charge is -2.05. The highest BCUT2D eigenvalue weighted by molar-refractivity contribution is 5.99. The number of fused-ring (bicyclic) bond motifs is 1. The first-order valence-corrected chi connectivity index (χ1v) is 7.47. The molecule has 2 heterocycles. The zero-order valence-electron chi connectivity index (χ0n) is 12.9. The van der Waals surface area contributed by atoms with Crippen molar-refractivity contribution in [3.05, 3.63) is 65.7 Å². The van der Waals surface area contributed by atoms with Crippen LogP contribution in [0, 0.1) is 0 Å². The van der Waals surface area contributed by atoms with E-state index >= 15 is 0 Å². The zero-order chi connectivity index (χ0) is 16.1. The molecular weight excluding hydrogens is 292 g/mol. The molecule has 0 bridgehead atoms. The summed E-state index contributed by atoms with van der Waals surface area (Å²) in [4.78, 5) is 16.7. The van der Waals surface area contributed by atoms with E-state index in [1.54, 1.807) is 13.3 Å². The number of hydrogen-bond acceptors (Lipinski definition) is 4. The topological polar surface area (TPSA) is 64.4 Å². The van der Waals surface area contributed by atoms with Crippen molar-refractivity contribution in [2.75, 3.05) is 13.7 Å². The number of furan rings is 1. The Balaban J connectivity index is 1.74. The van der Waals surface area contributed by atoms with Crippen LogP contribution in [-0.2, 0) is 17.8 Å². The SMILES string of the molecule is COCc1c(C(=O)NCCc2ccccn2)oc2ccccc12. The Hall–Kier alpha value is -2.66. The molecule has 0 unspecified atom stereocenters. The molecule has 2 aromatic heterocycles. The number of nitrogens with one attached hydrogen (secondary N) is 1. The molecule has 118 valence electrons. The Labute approximate surface area is 134 Å². The fraction of sp³-hybridized carbons (Fsp3) is 0.222. The first-order chi connectivity index (χ1) is 11.3. The molecule has 3 aromatic rings. The maximum atomic E-state index is 12.4. The van der Waals surface area contributed by atoms with Crippen molar-refractivity contribution >= 4 is 16.9 Å². The van der Waals surface area contributed by atoms with Gasteiger partial charge in [-0.1, -0.05) is 24.3 Å². The number of rotatable bonds is 6. The lowest BCUT2D eigenvalue weighted by molar-refractivity contribution is 0.0922. The highest BCUT2D eigenvalue weighted by Gasteiger charge is 2.19. The molecule has 0 saturated carbocycles. The van der Waals surface area contributed by atoms with Gasteiger partial charge in [0.2, 0.25) is 0 Å². The van der Waals surface area contributed by atoms with Gasteiger partial charge in [0.05, 0.1) is 6.61 Å². The van der Waals surface area contributed by atoms with Crippen LogP contribution in [0.25, 0.3) is 11.0 Å². The minimum absolute atomic E-state index is 0.232. The average Bonchev–Trinajstić information content (AvgIpc) is 2.95. The zero-order valence-corrected chi connectivity index (χ0v) is 12.9. The summed E-state index contributed by atoms with van der Waals surface area (Å²) < 4.78 is 10.9. The van der Waals surface area contributed by atoms with Gasteiger partial charge in [-0.15, -0.1) is 0 Å². The van der Waals surface area contributed by atoms with Gasteiger partial charge in [0.25, 0.3) is 5.91 Å². The Bertz CT molecular complexity index is 796. The smallest absolute Gasteiger partial charge is 0.287 e. The summed E-state index contributed by atoms with van der Waals surface area (Å²) in [5.41, 5.74) is 2.40. The molecule has 1 N–H and O–H groups in total. The molecule has 5 nitrogen and oxygen atoms in total. The van der Waals surface area contributed by atoms with Crippen LogP contribution in [0.4, 0.5) is 0 Å². The molecule has 5 heteroatoms. The first-order valence-electron chi connectivity index (χ1n) is 7.47. The van der Waals surface area contributed by atoms with Crippen molar-refractivity contribution in [2.24, 2.45) is 0 Å². The second kappa shape index (κ2) is 7.07. The van der Waals surface area contributed by atoms with Crippen molar-refractivity contribution in [3.8, 4) is 0 Å². The summed E-state index contributed by atoms with van der Waals surface area (Å²) >= 11 is 0. The monoisotopic (exact) mass is 310 g/mol. The van der Waals surface area contributed by atoms with Crippen LogP contribution in [0.15, 0.2) is 53.1 Å². The standard InChI is InChI=1S/C18H18N2O3/c1-22-12-15-14-7-2-3-8-16(14)23-17(15)18(21)20-11-9-13-6-4-5-10-19-13/h2-8,10H,9,11-12H2,1H3,(H,20,21). The van der Waals surface area contributed by atoms with Crippen molar-refractivity contribution < 1.29 is 13.9 Å². The van der Waals surface area contributed by atoms with Crippen molar-refractivity contribution in [3.63, 3.8) is 0 Å². The molecule has 0 spiro atoms. The van der Waals surface area contributed by atoms with Gasteiger partial charge in [-0.2, -0.15) is 0 Å². The van der Waals surface area contributed by atoms with Crippen LogP contribution in [-0.4, -0.2) is 24.5 Å². The third-order valence-corrected chi connectivity index (χ3v) is 3.59. The van der Waals surface area contributed by atoms with Crippen molar-refractivity contribution in [2.45, 2.75) is 13.0 Å². The van der Waals surface area contributed by atoms with Gasteiger partial charge in [0, 0.05) is 42.9 Å². The van der Waals surface area contributed by atoms with Gasteiger partial charge in [-0.05, 0) is 18.2 Å². The minimum atomic E-state index is -0.232. The van der Waals surface area contributed by atoms with E-state index in [2.05, 4.69) is 10.3 Å². The first kappa shape index (κ1) is 15.2. The van der Waals surface area contributed by atoms with E-state index < -0.39 is 0 Å². The number of methoxy groups -OCH3 is 1. The molecule has 1 amide bonds. The molecule has 23 heavy (non-hydrogen) atoms. The third kappa shape index (κ3) is 3.40. The molecule has 0 saturated heterocycles. The number of aromatic nitrogens is 1. The molecule has 3 rings (SSSR count). The normalized spacial score (nSPS) is 10.8. The number of nitrogens with zero attached hydrogens (tertiary/aromatic N) is 1.